The van der Waals surface area contributed by atoms with Gasteiger partial charge in [-0.3, -0.25) is 4.90 Å². The fourth-order valence-electron chi connectivity index (χ4n) is 2.19. The third-order valence-corrected chi connectivity index (χ3v) is 3.17. The lowest BCUT2D eigenvalue weighted by Gasteiger charge is -2.14. The molecule has 2 heterocycles. The molecule has 0 amide bonds. The number of hydrogen-bond acceptors (Lipinski definition) is 5. The molecule has 0 spiro atoms. The van der Waals surface area contributed by atoms with Gasteiger partial charge in [0.05, 0.1) is 0 Å². The van der Waals surface area contributed by atoms with Gasteiger partial charge in [-0.1, -0.05) is 0 Å². The number of nitrogens with two attached hydrogens (primary N) is 1. The summed E-state index contributed by atoms with van der Waals surface area (Å²) in [6, 6.07) is 0.244. The van der Waals surface area contributed by atoms with E-state index < -0.39 is 4.92 Å². The molecule has 0 radical (unpaired) electrons. The predicted molar refractivity (Wildman–Crippen MR) is 62.7 cm³/mol. The Labute approximate surface area is 99.4 Å². The number of aryl methyl sites for hydroxylation is 1. The average Bonchev–Trinajstić information content (AvgIpc) is 2.82. The lowest BCUT2D eigenvalue weighted by atomic mass is 10.3. The molecule has 1 atom stereocenters. The number of likely N-dealkylation sites (tertiary alicyclic amines) is 1. The van der Waals surface area contributed by atoms with Gasteiger partial charge in [-0.2, -0.15) is 0 Å². The van der Waals surface area contributed by atoms with Crippen LogP contribution in [0, 0.1) is 17.0 Å². The molecule has 1 aromatic rings. The Morgan fingerprint density at radius 2 is 2.41 bits per heavy atom. The monoisotopic (exact) mass is 239 g/mol. The second kappa shape index (κ2) is 4.80. The SMILES string of the molecule is Cc1ncc([N+](=O)[O-])n1CCN1CC[C@H](N)C1. The Bertz CT molecular complexity index is 417. The van der Waals surface area contributed by atoms with E-state index in [2.05, 4.69) is 9.88 Å². The zero-order valence-corrected chi connectivity index (χ0v) is 9.87. The van der Waals surface area contributed by atoms with Crippen LogP contribution in [0.3, 0.4) is 0 Å². The fraction of sp³-hybridized carbons (Fsp3) is 0.700. The third kappa shape index (κ3) is 2.62. The Balaban J connectivity index is 1.99. The van der Waals surface area contributed by atoms with Crippen molar-refractivity contribution in [3.63, 3.8) is 0 Å². The number of imidazole rings is 1. The summed E-state index contributed by atoms with van der Waals surface area (Å²) in [5.74, 6) is 0.742. The Morgan fingerprint density at radius 1 is 1.65 bits per heavy atom. The second-order valence-electron chi connectivity index (χ2n) is 4.42. The first kappa shape index (κ1) is 12.0. The highest BCUT2D eigenvalue weighted by molar-refractivity contribution is 5.18. The summed E-state index contributed by atoms with van der Waals surface area (Å²) in [7, 11) is 0. The summed E-state index contributed by atoms with van der Waals surface area (Å²) in [5.41, 5.74) is 5.81. The summed E-state index contributed by atoms with van der Waals surface area (Å²) in [6.07, 6.45) is 2.32. The van der Waals surface area contributed by atoms with E-state index in [9.17, 15) is 10.1 Å². The zero-order valence-electron chi connectivity index (χ0n) is 9.87. The first-order valence-corrected chi connectivity index (χ1v) is 5.72. The minimum absolute atomic E-state index is 0.0611. The molecule has 17 heavy (non-hydrogen) atoms. The quantitative estimate of drug-likeness (QED) is 0.596. The fourth-order valence-corrected chi connectivity index (χ4v) is 2.19. The van der Waals surface area contributed by atoms with E-state index in [0.29, 0.717) is 12.4 Å². The highest BCUT2D eigenvalue weighted by atomic mass is 16.6. The Hall–Kier alpha value is -1.47. The molecule has 2 N–H and O–H groups in total. The van der Waals surface area contributed by atoms with Crippen LogP contribution >= 0.6 is 0 Å². The van der Waals surface area contributed by atoms with Crippen LogP contribution in [0.5, 0.6) is 0 Å². The molecule has 1 fully saturated rings. The van der Waals surface area contributed by atoms with Crippen LogP contribution in [0.2, 0.25) is 0 Å². The minimum atomic E-state index is -0.393. The molecule has 1 aliphatic rings. The predicted octanol–water partition coefficient (Wildman–Crippen LogP) is 0.133. The highest BCUT2D eigenvalue weighted by Gasteiger charge is 2.22. The summed E-state index contributed by atoms with van der Waals surface area (Å²) in [4.78, 5) is 16.6. The van der Waals surface area contributed by atoms with E-state index in [1.54, 1.807) is 11.5 Å². The van der Waals surface area contributed by atoms with Crippen LogP contribution in [0.1, 0.15) is 12.2 Å². The Morgan fingerprint density at radius 3 is 3.00 bits per heavy atom. The normalized spacial score (nSPS) is 20.9. The molecule has 7 nitrogen and oxygen atoms in total. The van der Waals surface area contributed by atoms with Gasteiger partial charge in [0, 0.05) is 26.1 Å². The van der Waals surface area contributed by atoms with Crippen molar-refractivity contribution in [3.05, 3.63) is 22.1 Å². The van der Waals surface area contributed by atoms with Gasteiger partial charge in [0.15, 0.2) is 5.82 Å². The molecule has 7 heteroatoms. The molecule has 1 aromatic heterocycles. The smallest absolute Gasteiger partial charge is 0.342 e. The third-order valence-electron chi connectivity index (χ3n) is 3.17. The van der Waals surface area contributed by atoms with Crippen molar-refractivity contribution >= 4 is 5.82 Å². The number of hydrogen-bond donors (Lipinski definition) is 1. The lowest BCUT2D eigenvalue weighted by Crippen LogP contribution is -2.29. The number of nitro groups is 1. The van der Waals surface area contributed by atoms with Gasteiger partial charge in [0.2, 0.25) is 0 Å². The maximum absolute atomic E-state index is 10.8. The lowest BCUT2D eigenvalue weighted by molar-refractivity contribution is -0.392. The highest BCUT2D eigenvalue weighted by Crippen LogP contribution is 2.14. The van der Waals surface area contributed by atoms with E-state index in [-0.39, 0.29) is 11.9 Å². The summed E-state index contributed by atoms with van der Waals surface area (Å²) < 4.78 is 1.64. The zero-order chi connectivity index (χ0) is 12.4. The van der Waals surface area contributed by atoms with Crippen molar-refractivity contribution in [3.8, 4) is 0 Å². The largest absolute Gasteiger partial charge is 0.358 e. The van der Waals surface area contributed by atoms with E-state index >= 15 is 0 Å². The summed E-state index contributed by atoms with van der Waals surface area (Å²) in [6.45, 7) is 5.01. The van der Waals surface area contributed by atoms with Gasteiger partial charge in [0.25, 0.3) is 0 Å². The molecule has 0 aromatic carbocycles. The maximum Gasteiger partial charge on any atom is 0.342 e. The Kier molecular flexibility index (Phi) is 3.39. The van der Waals surface area contributed by atoms with Crippen molar-refractivity contribution in [2.45, 2.75) is 25.9 Å². The molecule has 2 rings (SSSR count). The van der Waals surface area contributed by atoms with Crippen LogP contribution in [0.15, 0.2) is 6.20 Å². The molecule has 0 saturated carbocycles. The molecule has 0 unspecified atom stereocenters. The van der Waals surface area contributed by atoms with Crippen molar-refractivity contribution in [1.29, 1.82) is 0 Å². The average molecular weight is 239 g/mol. The van der Waals surface area contributed by atoms with Crippen LogP contribution < -0.4 is 5.73 Å². The van der Waals surface area contributed by atoms with Crippen molar-refractivity contribution in [1.82, 2.24) is 14.5 Å². The number of nitrogens with zero attached hydrogens (tertiary/aromatic N) is 4. The van der Waals surface area contributed by atoms with E-state index in [1.807, 2.05) is 0 Å². The molecule has 0 bridgehead atoms. The van der Waals surface area contributed by atoms with Crippen LogP contribution in [0.4, 0.5) is 5.82 Å². The van der Waals surface area contributed by atoms with Gasteiger partial charge in [0.1, 0.15) is 12.7 Å². The maximum atomic E-state index is 10.8. The van der Waals surface area contributed by atoms with Crippen LogP contribution in [-0.2, 0) is 6.54 Å². The van der Waals surface area contributed by atoms with Crippen LogP contribution in [0.25, 0.3) is 0 Å². The van der Waals surface area contributed by atoms with Crippen molar-refractivity contribution in [2.24, 2.45) is 5.73 Å². The van der Waals surface area contributed by atoms with E-state index in [4.69, 9.17) is 5.73 Å². The molecule has 0 aliphatic carbocycles. The van der Waals surface area contributed by atoms with Crippen molar-refractivity contribution < 1.29 is 4.92 Å². The van der Waals surface area contributed by atoms with Crippen molar-refractivity contribution in [2.75, 3.05) is 19.6 Å². The first-order chi connectivity index (χ1) is 8.08. The van der Waals surface area contributed by atoms with Gasteiger partial charge < -0.3 is 15.8 Å². The van der Waals surface area contributed by atoms with Gasteiger partial charge in [-0.05, 0) is 17.9 Å². The van der Waals surface area contributed by atoms with Gasteiger partial charge in [-0.15, -0.1) is 0 Å². The van der Waals surface area contributed by atoms with E-state index in [0.717, 1.165) is 26.1 Å². The number of rotatable bonds is 4. The topological polar surface area (TPSA) is 90.2 Å². The molecule has 94 valence electrons. The standard InChI is InChI=1S/C10H17N5O2/c1-8-12-6-10(15(16)17)14(8)5-4-13-3-2-9(11)7-13/h6,9H,2-5,7,11H2,1H3/t9-/m0/s1. The van der Waals surface area contributed by atoms with Gasteiger partial charge >= 0.3 is 5.82 Å². The molecular formula is C10H17N5O2. The van der Waals surface area contributed by atoms with Crippen LogP contribution in [-0.4, -0.2) is 45.1 Å². The molecule has 1 saturated heterocycles. The van der Waals surface area contributed by atoms with Gasteiger partial charge in [-0.25, -0.2) is 9.55 Å². The molecular weight excluding hydrogens is 222 g/mol. The molecule has 1 aliphatic heterocycles. The van der Waals surface area contributed by atoms with E-state index in [1.165, 1.54) is 6.20 Å². The second-order valence-corrected chi connectivity index (χ2v) is 4.42. The first-order valence-electron chi connectivity index (χ1n) is 5.72. The summed E-state index contributed by atoms with van der Waals surface area (Å²) in [5, 5.41) is 10.8. The summed E-state index contributed by atoms with van der Waals surface area (Å²) >= 11 is 0. The minimum Gasteiger partial charge on any atom is -0.358 e. The number of aromatic nitrogens is 2.